The SMILES string of the molecule is O=c1[nH]c2cc(C(F)(F)F)ccc2n1C1CCCCS1. The Balaban J connectivity index is 2.10. The second-order valence-electron chi connectivity index (χ2n) is 4.85. The average Bonchev–Trinajstić information content (AvgIpc) is 2.73. The summed E-state index contributed by atoms with van der Waals surface area (Å²) in [5.41, 5.74) is -0.285. The highest BCUT2D eigenvalue weighted by atomic mass is 32.2. The number of aromatic amines is 1. The van der Waals surface area contributed by atoms with Crippen LogP contribution < -0.4 is 5.69 Å². The van der Waals surface area contributed by atoms with Crippen molar-refractivity contribution in [1.29, 1.82) is 0 Å². The van der Waals surface area contributed by atoms with Crippen LogP contribution in [-0.4, -0.2) is 15.3 Å². The highest BCUT2D eigenvalue weighted by Crippen LogP contribution is 2.36. The number of halogens is 3. The molecule has 0 aliphatic carbocycles. The van der Waals surface area contributed by atoms with Crippen LogP contribution in [0.15, 0.2) is 23.0 Å². The van der Waals surface area contributed by atoms with Gasteiger partial charge >= 0.3 is 11.9 Å². The van der Waals surface area contributed by atoms with E-state index in [1.807, 2.05) is 0 Å². The van der Waals surface area contributed by atoms with Crippen LogP contribution in [0.5, 0.6) is 0 Å². The van der Waals surface area contributed by atoms with Crippen molar-refractivity contribution in [2.75, 3.05) is 5.75 Å². The van der Waals surface area contributed by atoms with Gasteiger partial charge in [-0.3, -0.25) is 4.57 Å². The number of hydrogen-bond donors (Lipinski definition) is 1. The summed E-state index contributed by atoms with van der Waals surface area (Å²) in [5.74, 6) is 0.977. The highest BCUT2D eigenvalue weighted by molar-refractivity contribution is 7.99. The molecule has 1 aromatic carbocycles. The van der Waals surface area contributed by atoms with Crippen LogP contribution in [-0.2, 0) is 6.18 Å². The van der Waals surface area contributed by atoms with Gasteiger partial charge in [0.1, 0.15) is 0 Å². The molecule has 0 bridgehead atoms. The van der Waals surface area contributed by atoms with Crippen molar-refractivity contribution in [3.8, 4) is 0 Å². The zero-order valence-corrected chi connectivity index (χ0v) is 11.4. The fourth-order valence-corrected chi connectivity index (χ4v) is 3.86. The Morgan fingerprint density at radius 1 is 1.30 bits per heavy atom. The first kappa shape index (κ1) is 13.6. The Kier molecular flexibility index (Phi) is 3.32. The molecule has 1 saturated heterocycles. The number of nitrogens with one attached hydrogen (secondary N) is 1. The summed E-state index contributed by atoms with van der Waals surface area (Å²) in [6.07, 6.45) is -1.36. The topological polar surface area (TPSA) is 37.8 Å². The fourth-order valence-electron chi connectivity index (χ4n) is 2.52. The van der Waals surface area contributed by atoms with Crippen molar-refractivity contribution >= 4 is 22.8 Å². The molecule has 1 aromatic heterocycles. The van der Waals surface area contributed by atoms with Gasteiger partial charge < -0.3 is 4.98 Å². The van der Waals surface area contributed by atoms with E-state index in [4.69, 9.17) is 0 Å². The Morgan fingerprint density at radius 3 is 2.75 bits per heavy atom. The van der Waals surface area contributed by atoms with Gasteiger partial charge in [-0.05, 0) is 43.2 Å². The van der Waals surface area contributed by atoms with Crippen molar-refractivity contribution < 1.29 is 13.2 Å². The minimum Gasteiger partial charge on any atom is -0.305 e. The van der Waals surface area contributed by atoms with Gasteiger partial charge in [0.2, 0.25) is 0 Å². The second-order valence-corrected chi connectivity index (χ2v) is 6.14. The van der Waals surface area contributed by atoms with E-state index in [1.54, 1.807) is 16.3 Å². The van der Waals surface area contributed by atoms with Crippen LogP contribution in [0.4, 0.5) is 13.2 Å². The molecule has 3 rings (SSSR count). The summed E-state index contributed by atoms with van der Waals surface area (Å²) >= 11 is 1.68. The molecule has 1 aliphatic rings. The van der Waals surface area contributed by atoms with Crippen molar-refractivity contribution in [2.45, 2.75) is 30.8 Å². The molecule has 1 atom stereocenters. The fraction of sp³-hybridized carbons (Fsp3) is 0.462. The third-order valence-corrected chi connectivity index (χ3v) is 4.84. The predicted molar refractivity (Wildman–Crippen MR) is 72.9 cm³/mol. The largest absolute Gasteiger partial charge is 0.416 e. The van der Waals surface area contributed by atoms with E-state index in [1.165, 1.54) is 6.07 Å². The molecule has 20 heavy (non-hydrogen) atoms. The van der Waals surface area contributed by atoms with Gasteiger partial charge in [-0.2, -0.15) is 13.2 Å². The van der Waals surface area contributed by atoms with E-state index in [-0.39, 0.29) is 16.6 Å². The van der Waals surface area contributed by atoms with Gasteiger partial charge in [-0.25, -0.2) is 4.79 Å². The van der Waals surface area contributed by atoms with Crippen LogP contribution in [0.1, 0.15) is 30.2 Å². The number of benzene rings is 1. The van der Waals surface area contributed by atoms with Crippen molar-refractivity contribution in [2.24, 2.45) is 0 Å². The first-order chi connectivity index (χ1) is 9.47. The monoisotopic (exact) mass is 302 g/mol. The number of rotatable bonds is 1. The summed E-state index contributed by atoms with van der Waals surface area (Å²) in [5, 5.41) is 0.0155. The van der Waals surface area contributed by atoms with Crippen LogP contribution in [0, 0.1) is 0 Å². The lowest BCUT2D eigenvalue weighted by atomic mass is 10.2. The van der Waals surface area contributed by atoms with E-state index >= 15 is 0 Å². The Hall–Kier alpha value is -1.37. The lowest BCUT2D eigenvalue weighted by molar-refractivity contribution is -0.137. The van der Waals surface area contributed by atoms with Gasteiger partial charge in [0, 0.05) is 0 Å². The normalized spacial score (nSPS) is 20.4. The summed E-state index contributed by atoms with van der Waals surface area (Å²) in [7, 11) is 0. The summed E-state index contributed by atoms with van der Waals surface area (Å²) < 4.78 is 39.6. The molecule has 2 aromatic rings. The van der Waals surface area contributed by atoms with Gasteiger partial charge in [0.05, 0.1) is 22.0 Å². The Labute approximate surface area is 117 Å². The number of alkyl halides is 3. The Bertz CT molecular complexity index is 683. The molecule has 1 aliphatic heterocycles. The maximum Gasteiger partial charge on any atom is 0.416 e. The molecule has 1 fully saturated rings. The number of aromatic nitrogens is 2. The number of fused-ring (bicyclic) bond motifs is 1. The van der Waals surface area contributed by atoms with E-state index in [9.17, 15) is 18.0 Å². The maximum absolute atomic E-state index is 12.7. The highest BCUT2D eigenvalue weighted by Gasteiger charge is 2.31. The zero-order valence-electron chi connectivity index (χ0n) is 10.5. The standard InChI is InChI=1S/C13H13F3N2OS/c14-13(15,16)8-4-5-10-9(7-8)17-12(19)18(10)11-3-1-2-6-20-11/h4-5,7,11H,1-3,6H2,(H,17,19). The van der Waals surface area contributed by atoms with E-state index in [0.717, 1.165) is 37.1 Å². The lowest BCUT2D eigenvalue weighted by Gasteiger charge is -2.22. The van der Waals surface area contributed by atoms with Crippen molar-refractivity contribution in [3.05, 3.63) is 34.2 Å². The summed E-state index contributed by atoms with van der Waals surface area (Å²) in [6.45, 7) is 0. The van der Waals surface area contributed by atoms with E-state index in [0.29, 0.717) is 5.52 Å². The molecule has 3 nitrogen and oxygen atoms in total. The van der Waals surface area contributed by atoms with Gasteiger partial charge in [0.25, 0.3) is 0 Å². The molecule has 108 valence electrons. The van der Waals surface area contributed by atoms with Gasteiger partial charge in [0.15, 0.2) is 0 Å². The molecule has 0 amide bonds. The maximum atomic E-state index is 12.7. The second kappa shape index (κ2) is 4.87. The quantitative estimate of drug-likeness (QED) is 0.871. The molecular weight excluding hydrogens is 289 g/mol. The van der Waals surface area contributed by atoms with Crippen molar-refractivity contribution in [1.82, 2.24) is 9.55 Å². The number of H-pyrrole nitrogens is 1. The molecule has 0 radical (unpaired) electrons. The molecule has 0 saturated carbocycles. The van der Waals surface area contributed by atoms with Crippen LogP contribution in [0.2, 0.25) is 0 Å². The minimum absolute atomic E-state index is 0.0155. The van der Waals surface area contributed by atoms with Gasteiger partial charge in [-0.1, -0.05) is 0 Å². The molecule has 1 unspecified atom stereocenters. The van der Waals surface area contributed by atoms with E-state index in [2.05, 4.69) is 4.98 Å². The lowest BCUT2D eigenvalue weighted by Crippen LogP contribution is -2.22. The van der Waals surface area contributed by atoms with Crippen LogP contribution >= 0.6 is 11.8 Å². The number of thioether (sulfide) groups is 1. The third-order valence-electron chi connectivity index (χ3n) is 3.49. The minimum atomic E-state index is -4.40. The summed E-state index contributed by atoms with van der Waals surface area (Å²) in [4.78, 5) is 14.5. The Morgan fingerprint density at radius 2 is 2.10 bits per heavy atom. The van der Waals surface area contributed by atoms with Crippen LogP contribution in [0.25, 0.3) is 11.0 Å². The smallest absolute Gasteiger partial charge is 0.305 e. The summed E-state index contributed by atoms with van der Waals surface area (Å²) in [6, 6.07) is 3.41. The average molecular weight is 302 g/mol. The molecule has 2 heterocycles. The predicted octanol–water partition coefficient (Wildman–Crippen LogP) is 3.76. The number of hydrogen-bond acceptors (Lipinski definition) is 2. The first-order valence-electron chi connectivity index (χ1n) is 6.40. The van der Waals surface area contributed by atoms with Crippen molar-refractivity contribution in [3.63, 3.8) is 0 Å². The molecule has 7 heteroatoms. The molecule has 1 N–H and O–H groups in total. The molecular formula is C13H13F3N2OS. The van der Waals surface area contributed by atoms with Gasteiger partial charge in [-0.15, -0.1) is 11.8 Å². The zero-order chi connectivity index (χ0) is 14.3. The third kappa shape index (κ3) is 2.34. The number of imidazole rings is 1. The van der Waals surface area contributed by atoms with E-state index < -0.39 is 11.7 Å². The number of nitrogens with zero attached hydrogens (tertiary/aromatic N) is 1. The first-order valence-corrected chi connectivity index (χ1v) is 7.45. The molecule has 0 spiro atoms. The van der Waals surface area contributed by atoms with Crippen LogP contribution in [0.3, 0.4) is 0 Å².